The van der Waals surface area contributed by atoms with Crippen molar-refractivity contribution in [3.8, 4) is 0 Å². The second-order valence-electron chi connectivity index (χ2n) is 3.73. The van der Waals surface area contributed by atoms with E-state index in [-0.39, 0.29) is 0 Å². The van der Waals surface area contributed by atoms with Gasteiger partial charge < -0.3 is 10.6 Å². The van der Waals surface area contributed by atoms with E-state index in [1.54, 1.807) is 7.05 Å². The van der Waals surface area contributed by atoms with E-state index in [9.17, 15) is 0 Å². The van der Waals surface area contributed by atoms with Gasteiger partial charge in [-0.3, -0.25) is 4.98 Å². The fraction of sp³-hybridized carbons (Fsp3) is 0.154. The van der Waals surface area contributed by atoms with E-state index in [1.165, 1.54) is 0 Å². The standard InChI is InChI=1S/C13H13Cl2N3/c1-16-12(14)13(15)17-8-10-7-6-9-4-2-3-5-11(9)18-10/h2-7,16-17H,8H2,1H3/b13-12-. The number of nitrogens with one attached hydrogen (secondary N) is 2. The summed E-state index contributed by atoms with van der Waals surface area (Å²) in [5, 5.41) is 7.65. The smallest absolute Gasteiger partial charge is 0.138 e. The maximum Gasteiger partial charge on any atom is 0.138 e. The van der Waals surface area contributed by atoms with Gasteiger partial charge in [0.25, 0.3) is 0 Å². The van der Waals surface area contributed by atoms with E-state index < -0.39 is 0 Å². The van der Waals surface area contributed by atoms with Crippen LogP contribution in [0.3, 0.4) is 0 Å². The number of pyridine rings is 1. The van der Waals surface area contributed by atoms with Crippen LogP contribution >= 0.6 is 23.2 Å². The van der Waals surface area contributed by atoms with E-state index in [4.69, 9.17) is 23.2 Å². The Labute approximate surface area is 116 Å². The Morgan fingerprint density at radius 3 is 2.67 bits per heavy atom. The fourth-order valence-corrected chi connectivity index (χ4v) is 1.79. The van der Waals surface area contributed by atoms with Crippen LogP contribution < -0.4 is 10.6 Å². The van der Waals surface area contributed by atoms with Gasteiger partial charge in [0, 0.05) is 12.4 Å². The topological polar surface area (TPSA) is 37.0 Å². The molecule has 0 bridgehead atoms. The minimum atomic E-state index is 0.383. The minimum Gasteiger partial charge on any atom is -0.376 e. The van der Waals surface area contributed by atoms with E-state index >= 15 is 0 Å². The van der Waals surface area contributed by atoms with Crippen molar-refractivity contribution in [3.63, 3.8) is 0 Å². The molecule has 2 aromatic rings. The highest BCUT2D eigenvalue weighted by Gasteiger charge is 2.01. The molecule has 3 nitrogen and oxygen atoms in total. The molecule has 0 spiro atoms. The Morgan fingerprint density at radius 2 is 1.89 bits per heavy atom. The summed E-state index contributed by atoms with van der Waals surface area (Å²) in [6, 6.07) is 12.0. The first-order valence-corrected chi connectivity index (χ1v) is 6.28. The van der Waals surface area contributed by atoms with Gasteiger partial charge in [-0.25, -0.2) is 0 Å². The highest BCUT2D eigenvalue weighted by Crippen LogP contribution is 2.13. The zero-order valence-corrected chi connectivity index (χ0v) is 11.4. The lowest BCUT2D eigenvalue weighted by atomic mass is 10.2. The monoisotopic (exact) mass is 281 g/mol. The van der Waals surface area contributed by atoms with Crippen molar-refractivity contribution in [1.82, 2.24) is 15.6 Å². The molecule has 0 saturated heterocycles. The number of benzene rings is 1. The van der Waals surface area contributed by atoms with E-state index in [0.29, 0.717) is 16.9 Å². The number of halogens is 2. The third kappa shape index (κ3) is 3.06. The number of para-hydroxylation sites is 1. The highest BCUT2D eigenvalue weighted by molar-refractivity contribution is 6.38. The Hall–Kier alpha value is -1.45. The average molecular weight is 282 g/mol. The van der Waals surface area contributed by atoms with Crippen molar-refractivity contribution in [2.75, 3.05) is 7.05 Å². The summed E-state index contributed by atoms with van der Waals surface area (Å²) in [6.45, 7) is 0.529. The molecule has 1 aromatic heterocycles. The predicted molar refractivity (Wildman–Crippen MR) is 76.4 cm³/mol. The molecule has 2 rings (SSSR count). The van der Waals surface area contributed by atoms with Crippen molar-refractivity contribution >= 4 is 34.1 Å². The molecular weight excluding hydrogens is 269 g/mol. The van der Waals surface area contributed by atoms with Crippen LogP contribution in [0.25, 0.3) is 10.9 Å². The third-order valence-corrected chi connectivity index (χ3v) is 3.29. The molecule has 0 aliphatic carbocycles. The number of fused-ring (bicyclic) bond motifs is 1. The van der Waals surface area contributed by atoms with Crippen LogP contribution in [0.5, 0.6) is 0 Å². The van der Waals surface area contributed by atoms with Crippen molar-refractivity contribution in [1.29, 1.82) is 0 Å². The first-order valence-electron chi connectivity index (χ1n) is 5.52. The van der Waals surface area contributed by atoms with Crippen LogP contribution in [0, 0.1) is 0 Å². The quantitative estimate of drug-likeness (QED) is 0.846. The molecule has 0 unspecified atom stereocenters. The van der Waals surface area contributed by atoms with Crippen molar-refractivity contribution in [3.05, 3.63) is 52.4 Å². The zero-order chi connectivity index (χ0) is 13.0. The van der Waals surface area contributed by atoms with Crippen LogP contribution in [0.2, 0.25) is 0 Å². The van der Waals surface area contributed by atoms with Gasteiger partial charge in [0.2, 0.25) is 0 Å². The minimum absolute atomic E-state index is 0.383. The SMILES string of the molecule is CN/C(Cl)=C(/Cl)NCc1ccc2ccccc2n1. The second-order valence-corrected chi connectivity index (χ2v) is 4.48. The predicted octanol–water partition coefficient (Wildman–Crippen LogP) is 3.15. The molecule has 0 amide bonds. The zero-order valence-electron chi connectivity index (χ0n) is 9.87. The molecule has 5 heteroatoms. The summed E-state index contributed by atoms with van der Waals surface area (Å²) in [4.78, 5) is 4.53. The molecule has 0 aliphatic rings. The molecule has 1 heterocycles. The van der Waals surface area contributed by atoms with Crippen LogP contribution in [-0.4, -0.2) is 12.0 Å². The summed E-state index contributed by atoms with van der Waals surface area (Å²) in [6.07, 6.45) is 0. The van der Waals surface area contributed by atoms with Gasteiger partial charge in [-0.05, 0) is 12.1 Å². The van der Waals surface area contributed by atoms with E-state index in [0.717, 1.165) is 16.6 Å². The fourth-order valence-electron chi connectivity index (χ4n) is 1.56. The third-order valence-electron chi connectivity index (χ3n) is 2.49. The van der Waals surface area contributed by atoms with Gasteiger partial charge in [-0.2, -0.15) is 0 Å². The number of rotatable bonds is 4. The molecule has 0 fully saturated rings. The lowest BCUT2D eigenvalue weighted by molar-refractivity contribution is 0.814. The summed E-state index contributed by atoms with van der Waals surface area (Å²) >= 11 is 11.8. The van der Waals surface area contributed by atoms with Gasteiger partial charge in [0.15, 0.2) is 0 Å². The second kappa shape index (κ2) is 5.94. The lowest BCUT2D eigenvalue weighted by Crippen LogP contribution is -2.15. The maximum atomic E-state index is 5.95. The van der Waals surface area contributed by atoms with Crippen LogP contribution in [0.4, 0.5) is 0 Å². The van der Waals surface area contributed by atoms with Gasteiger partial charge in [0.05, 0.1) is 17.8 Å². The first kappa shape index (κ1) is 13.0. The Balaban J connectivity index is 2.13. The van der Waals surface area contributed by atoms with Crippen molar-refractivity contribution in [2.24, 2.45) is 0 Å². The summed E-state index contributed by atoms with van der Waals surface area (Å²) in [5.74, 6) is 0. The molecule has 0 radical (unpaired) electrons. The molecule has 2 N–H and O–H groups in total. The average Bonchev–Trinajstić information content (AvgIpc) is 2.43. The van der Waals surface area contributed by atoms with Crippen LogP contribution in [0.1, 0.15) is 5.69 Å². The lowest BCUT2D eigenvalue weighted by Gasteiger charge is -2.07. The first-order chi connectivity index (χ1) is 8.70. The van der Waals surface area contributed by atoms with Gasteiger partial charge in [-0.1, -0.05) is 47.5 Å². The Bertz CT molecular complexity index is 581. The van der Waals surface area contributed by atoms with Crippen molar-refractivity contribution in [2.45, 2.75) is 6.54 Å². The number of hydrogen-bond donors (Lipinski definition) is 2. The normalized spacial score (nSPS) is 12.2. The van der Waals surface area contributed by atoms with Crippen LogP contribution in [-0.2, 0) is 6.54 Å². The Kier molecular flexibility index (Phi) is 4.28. The number of nitrogens with zero attached hydrogens (tertiary/aromatic N) is 1. The molecule has 94 valence electrons. The van der Waals surface area contributed by atoms with Crippen molar-refractivity contribution < 1.29 is 0 Å². The molecule has 1 aromatic carbocycles. The van der Waals surface area contributed by atoms with E-state index in [1.807, 2.05) is 36.4 Å². The molecule has 18 heavy (non-hydrogen) atoms. The maximum absolute atomic E-state index is 5.95. The highest BCUT2D eigenvalue weighted by atomic mass is 35.5. The summed E-state index contributed by atoms with van der Waals surface area (Å²) in [5.41, 5.74) is 1.88. The largest absolute Gasteiger partial charge is 0.376 e. The molecular formula is C13H13Cl2N3. The van der Waals surface area contributed by atoms with E-state index in [2.05, 4.69) is 15.6 Å². The summed E-state index contributed by atoms with van der Waals surface area (Å²) < 4.78 is 0. The summed E-state index contributed by atoms with van der Waals surface area (Å²) in [7, 11) is 1.71. The van der Waals surface area contributed by atoms with Gasteiger partial charge >= 0.3 is 0 Å². The number of hydrogen-bond acceptors (Lipinski definition) is 3. The number of aromatic nitrogens is 1. The van der Waals surface area contributed by atoms with Gasteiger partial charge in [0.1, 0.15) is 10.3 Å². The molecule has 0 aliphatic heterocycles. The van der Waals surface area contributed by atoms with Crippen LogP contribution in [0.15, 0.2) is 46.7 Å². The molecule has 0 saturated carbocycles. The Morgan fingerprint density at radius 1 is 1.11 bits per heavy atom. The molecule has 0 atom stereocenters. The van der Waals surface area contributed by atoms with Gasteiger partial charge in [-0.15, -0.1) is 0 Å².